The van der Waals surface area contributed by atoms with Crippen molar-refractivity contribution in [1.29, 1.82) is 0 Å². The van der Waals surface area contributed by atoms with Crippen molar-refractivity contribution in [1.82, 2.24) is 0 Å². The van der Waals surface area contributed by atoms with E-state index in [1.54, 1.807) is 0 Å². The van der Waals surface area contributed by atoms with Gasteiger partial charge in [-0.3, -0.25) is 4.79 Å². The highest BCUT2D eigenvalue weighted by Crippen LogP contribution is 2.17. The SMILES string of the molecule is CC(=O)/C(N=O)=C(\O)c1ccco1. The summed E-state index contributed by atoms with van der Waals surface area (Å²) < 4.78 is 4.77. The van der Waals surface area contributed by atoms with Crippen LogP contribution in [0, 0.1) is 4.91 Å². The zero-order valence-corrected chi connectivity index (χ0v) is 6.85. The standard InChI is InChI=1S/C8H7NO4/c1-5(10)7(9-12)8(11)6-3-2-4-13-6/h2-4,11H,1H3/b8-7+. The van der Waals surface area contributed by atoms with Gasteiger partial charge in [-0.2, -0.15) is 0 Å². The molecule has 0 aliphatic heterocycles. The maximum absolute atomic E-state index is 10.8. The van der Waals surface area contributed by atoms with Crippen molar-refractivity contribution in [2.24, 2.45) is 5.18 Å². The molecule has 1 aromatic heterocycles. The van der Waals surface area contributed by atoms with Crippen molar-refractivity contribution in [3.63, 3.8) is 0 Å². The molecule has 1 heterocycles. The number of furan rings is 1. The fourth-order valence-electron chi connectivity index (χ4n) is 0.804. The summed E-state index contributed by atoms with van der Waals surface area (Å²) in [7, 11) is 0. The molecule has 0 aliphatic rings. The second-order valence-electron chi connectivity index (χ2n) is 2.32. The molecule has 0 amide bonds. The van der Waals surface area contributed by atoms with E-state index in [1.807, 2.05) is 0 Å². The van der Waals surface area contributed by atoms with Crippen LogP contribution in [0.4, 0.5) is 0 Å². The molecule has 0 bridgehead atoms. The number of rotatable bonds is 3. The van der Waals surface area contributed by atoms with Crippen molar-refractivity contribution < 1.29 is 14.3 Å². The molecule has 5 nitrogen and oxygen atoms in total. The lowest BCUT2D eigenvalue weighted by molar-refractivity contribution is -0.113. The number of carbonyl (C=O) groups excluding carboxylic acids is 1. The highest BCUT2D eigenvalue weighted by Gasteiger charge is 2.15. The number of allylic oxidation sites excluding steroid dienone is 1. The number of ketones is 1. The van der Waals surface area contributed by atoms with E-state index in [0.717, 1.165) is 6.92 Å². The van der Waals surface area contributed by atoms with Gasteiger partial charge in [-0.05, 0) is 17.3 Å². The van der Waals surface area contributed by atoms with Crippen LogP contribution in [-0.2, 0) is 4.79 Å². The molecule has 0 aromatic carbocycles. The number of aliphatic hydroxyl groups excluding tert-OH is 1. The van der Waals surface area contributed by atoms with Gasteiger partial charge >= 0.3 is 0 Å². The Morgan fingerprint density at radius 1 is 1.62 bits per heavy atom. The molecule has 1 N–H and O–H groups in total. The van der Waals surface area contributed by atoms with E-state index in [0.29, 0.717) is 0 Å². The summed E-state index contributed by atoms with van der Waals surface area (Å²) in [6.07, 6.45) is 1.31. The number of aliphatic hydroxyl groups is 1. The third kappa shape index (κ3) is 1.81. The van der Waals surface area contributed by atoms with Gasteiger partial charge in [-0.25, -0.2) is 0 Å². The largest absolute Gasteiger partial charge is 0.503 e. The van der Waals surface area contributed by atoms with Gasteiger partial charge in [0.2, 0.25) is 0 Å². The number of nitroso groups, excluding NO2 is 1. The van der Waals surface area contributed by atoms with Crippen LogP contribution in [-0.4, -0.2) is 10.9 Å². The van der Waals surface area contributed by atoms with Gasteiger partial charge in [0.15, 0.2) is 23.0 Å². The van der Waals surface area contributed by atoms with Crippen LogP contribution in [0.5, 0.6) is 0 Å². The molecule has 0 radical (unpaired) electrons. The highest BCUT2D eigenvalue weighted by atomic mass is 16.4. The minimum absolute atomic E-state index is 0.0461. The van der Waals surface area contributed by atoms with Crippen LogP contribution in [0.15, 0.2) is 33.7 Å². The molecule has 1 rings (SSSR count). The van der Waals surface area contributed by atoms with E-state index in [9.17, 15) is 14.8 Å². The van der Waals surface area contributed by atoms with Gasteiger partial charge in [-0.1, -0.05) is 0 Å². The van der Waals surface area contributed by atoms with Crippen LogP contribution in [0.2, 0.25) is 0 Å². The number of nitrogens with zero attached hydrogens (tertiary/aromatic N) is 1. The second kappa shape index (κ2) is 3.66. The quantitative estimate of drug-likeness (QED) is 0.438. The maximum atomic E-state index is 10.8. The first kappa shape index (κ1) is 9.18. The summed E-state index contributed by atoms with van der Waals surface area (Å²) in [5.74, 6) is -1.10. The Balaban J connectivity index is 3.16. The van der Waals surface area contributed by atoms with Gasteiger partial charge in [-0.15, -0.1) is 4.91 Å². The van der Waals surface area contributed by atoms with Crippen LogP contribution in [0.1, 0.15) is 12.7 Å². The van der Waals surface area contributed by atoms with E-state index in [2.05, 4.69) is 5.18 Å². The fraction of sp³-hybridized carbons (Fsp3) is 0.125. The Bertz CT molecular complexity index is 350. The molecule has 0 saturated heterocycles. The minimum atomic E-state index is -0.607. The van der Waals surface area contributed by atoms with E-state index in [1.165, 1.54) is 18.4 Å². The van der Waals surface area contributed by atoms with Crippen LogP contribution in [0.25, 0.3) is 5.76 Å². The topological polar surface area (TPSA) is 79.9 Å². The van der Waals surface area contributed by atoms with Gasteiger partial charge in [0.1, 0.15) is 0 Å². The monoisotopic (exact) mass is 181 g/mol. The fourth-order valence-corrected chi connectivity index (χ4v) is 0.804. The van der Waals surface area contributed by atoms with Crippen LogP contribution in [0.3, 0.4) is 0 Å². The zero-order valence-electron chi connectivity index (χ0n) is 6.85. The Hall–Kier alpha value is -1.91. The number of carbonyl (C=O) groups is 1. The van der Waals surface area contributed by atoms with Gasteiger partial charge in [0.05, 0.1) is 6.26 Å². The number of hydrogen-bond donors (Lipinski definition) is 1. The Labute approximate surface area is 73.6 Å². The van der Waals surface area contributed by atoms with Crippen LogP contribution >= 0.6 is 0 Å². The van der Waals surface area contributed by atoms with Gasteiger partial charge < -0.3 is 9.52 Å². The normalized spacial score (nSPS) is 12.1. The summed E-state index contributed by atoms with van der Waals surface area (Å²) in [6.45, 7) is 1.13. The molecule has 0 atom stereocenters. The molecular formula is C8H7NO4. The first-order valence-electron chi connectivity index (χ1n) is 3.48. The molecule has 1 aromatic rings. The number of hydrogen-bond acceptors (Lipinski definition) is 5. The van der Waals surface area contributed by atoms with Crippen molar-refractivity contribution in [3.05, 3.63) is 34.8 Å². The van der Waals surface area contributed by atoms with E-state index in [-0.39, 0.29) is 5.76 Å². The van der Waals surface area contributed by atoms with Crippen molar-refractivity contribution in [3.8, 4) is 0 Å². The van der Waals surface area contributed by atoms with Gasteiger partial charge in [0.25, 0.3) is 0 Å². The maximum Gasteiger partial charge on any atom is 0.196 e. The molecule has 68 valence electrons. The molecular weight excluding hydrogens is 174 g/mol. The zero-order chi connectivity index (χ0) is 9.84. The van der Waals surface area contributed by atoms with Crippen molar-refractivity contribution in [2.45, 2.75) is 6.92 Å². The van der Waals surface area contributed by atoms with E-state index < -0.39 is 17.2 Å². The lowest BCUT2D eigenvalue weighted by atomic mass is 10.2. The minimum Gasteiger partial charge on any atom is -0.503 e. The summed E-state index contributed by atoms with van der Waals surface area (Å²) in [6, 6.07) is 2.94. The lowest BCUT2D eigenvalue weighted by Gasteiger charge is -1.95. The Morgan fingerprint density at radius 3 is 2.69 bits per heavy atom. The van der Waals surface area contributed by atoms with Crippen molar-refractivity contribution in [2.75, 3.05) is 0 Å². The first-order chi connectivity index (χ1) is 6.16. The predicted octanol–water partition coefficient (Wildman–Crippen LogP) is 1.86. The second-order valence-corrected chi connectivity index (χ2v) is 2.32. The molecule has 0 spiro atoms. The first-order valence-corrected chi connectivity index (χ1v) is 3.48. The Kier molecular flexibility index (Phi) is 2.59. The highest BCUT2D eigenvalue weighted by molar-refractivity contribution is 5.98. The summed E-state index contributed by atoms with van der Waals surface area (Å²) >= 11 is 0. The molecule has 0 unspecified atom stereocenters. The smallest absolute Gasteiger partial charge is 0.196 e. The lowest BCUT2D eigenvalue weighted by Crippen LogP contribution is -1.97. The molecule has 0 aliphatic carbocycles. The van der Waals surface area contributed by atoms with Crippen molar-refractivity contribution >= 4 is 11.5 Å². The number of Topliss-reactive ketones (excluding diaryl/α,β-unsaturated/α-hetero) is 1. The van der Waals surface area contributed by atoms with Crippen LogP contribution < -0.4 is 0 Å². The molecule has 13 heavy (non-hydrogen) atoms. The van der Waals surface area contributed by atoms with E-state index >= 15 is 0 Å². The summed E-state index contributed by atoms with van der Waals surface area (Å²) in [5.41, 5.74) is -0.532. The molecule has 0 fully saturated rings. The third-order valence-corrected chi connectivity index (χ3v) is 1.40. The third-order valence-electron chi connectivity index (χ3n) is 1.40. The van der Waals surface area contributed by atoms with Gasteiger partial charge in [0, 0.05) is 6.92 Å². The van der Waals surface area contributed by atoms with E-state index in [4.69, 9.17) is 4.42 Å². The molecule has 0 saturated carbocycles. The summed E-state index contributed by atoms with van der Waals surface area (Å²) in [4.78, 5) is 20.9. The molecule has 5 heteroatoms. The predicted molar refractivity (Wildman–Crippen MR) is 44.7 cm³/mol. The summed E-state index contributed by atoms with van der Waals surface area (Å²) in [5, 5.41) is 11.7. The average molecular weight is 181 g/mol. The Morgan fingerprint density at radius 2 is 2.31 bits per heavy atom. The average Bonchev–Trinajstić information content (AvgIpc) is 2.56.